The van der Waals surface area contributed by atoms with E-state index in [1.165, 1.54) is 36.2 Å². The summed E-state index contributed by atoms with van der Waals surface area (Å²) in [6, 6.07) is 14.2. The molecule has 0 aliphatic carbocycles. The zero-order valence-corrected chi connectivity index (χ0v) is 22.1. The van der Waals surface area contributed by atoms with Crippen molar-refractivity contribution in [1.29, 1.82) is 0 Å². The van der Waals surface area contributed by atoms with Gasteiger partial charge in [-0.3, -0.25) is 9.59 Å². The molecule has 0 bridgehead atoms. The van der Waals surface area contributed by atoms with Gasteiger partial charge in [0.05, 0.1) is 34.9 Å². The van der Waals surface area contributed by atoms with Crippen molar-refractivity contribution >= 4 is 56.2 Å². The van der Waals surface area contributed by atoms with Gasteiger partial charge >= 0.3 is 0 Å². The summed E-state index contributed by atoms with van der Waals surface area (Å²) in [7, 11) is 1.42. The highest BCUT2D eigenvalue weighted by molar-refractivity contribution is 9.10. The lowest BCUT2D eigenvalue weighted by molar-refractivity contribution is -0.118. The third-order valence-electron chi connectivity index (χ3n) is 5.26. The van der Waals surface area contributed by atoms with Gasteiger partial charge in [0.1, 0.15) is 11.6 Å². The molecule has 0 unspecified atom stereocenters. The number of aryl methyl sites for hydroxylation is 1. The van der Waals surface area contributed by atoms with E-state index in [4.69, 9.17) is 21.1 Å². The maximum atomic E-state index is 13.8. The molecule has 4 rings (SSSR count). The van der Waals surface area contributed by atoms with E-state index in [9.17, 15) is 14.0 Å². The largest absolute Gasteiger partial charge is 0.493 e. The van der Waals surface area contributed by atoms with Crippen LogP contribution in [0.2, 0.25) is 5.02 Å². The van der Waals surface area contributed by atoms with Crippen molar-refractivity contribution in [2.45, 2.75) is 13.3 Å². The number of hydrogen-bond acceptors (Lipinski definition) is 6. The first-order valence-electron chi connectivity index (χ1n) is 11.1. The van der Waals surface area contributed by atoms with E-state index in [1.54, 1.807) is 30.3 Å². The molecule has 1 N–H and O–H groups in total. The Hall–Kier alpha value is -3.76. The molecule has 0 saturated carbocycles. The first kappa shape index (κ1) is 26.3. The van der Waals surface area contributed by atoms with Crippen molar-refractivity contribution in [3.63, 3.8) is 0 Å². The maximum absolute atomic E-state index is 13.8. The van der Waals surface area contributed by atoms with Gasteiger partial charge in [0.15, 0.2) is 18.1 Å². The molecule has 3 aromatic carbocycles. The number of para-hydroxylation sites is 1. The molecule has 1 aromatic heterocycles. The van der Waals surface area contributed by atoms with Crippen molar-refractivity contribution in [3.8, 4) is 11.5 Å². The summed E-state index contributed by atoms with van der Waals surface area (Å²) in [6.45, 7) is 1.46. The quantitative estimate of drug-likeness (QED) is 0.278. The summed E-state index contributed by atoms with van der Waals surface area (Å²) in [5, 5.41) is 7.37. The van der Waals surface area contributed by atoms with E-state index >= 15 is 0 Å². The van der Waals surface area contributed by atoms with Crippen LogP contribution in [0, 0.1) is 5.82 Å². The molecule has 4 aromatic rings. The Morgan fingerprint density at radius 3 is 2.76 bits per heavy atom. The average molecular weight is 588 g/mol. The molecule has 0 atom stereocenters. The Morgan fingerprint density at radius 1 is 1.24 bits per heavy atom. The number of rotatable bonds is 8. The normalized spacial score (nSPS) is 11.2. The van der Waals surface area contributed by atoms with Gasteiger partial charge in [-0.2, -0.15) is 9.78 Å². The van der Waals surface area contributed by atoms with Gasteiger partial charge in [0, 0.05) is 10.9 Å². The number of nitrogens with zero attached hydrogens (tertiary/aromatic N) is 3. The highest BCUT2D eigenvalue weighted by Crippen LogP contribution is 2.36. The zero-order chi connectivity index (χ0) is 26.5. The number of ether oxygens (including phenoxy) is 2. The summed E-state index contributed by atoms with van der Waals surface area (Å²) >= 11 is 9.78. The van der Waals surface area contributed by atoms with E-state index in [0.29, 0.717) is 28.7 Å². The standard InChI is InChI=1S/C26H21BrClFN4O4/c1-3-23-31-20-9-8-16(27)12-17(20)26(35)33(23)30-13-15-10-18(28)25(22(11-15)36-2)37-14-24(34)32-21-7-5-4-6-19(21)29/h4-13H,3,14H2,1-2H3,(H,32,34). The molecule has 0 aliphatic rings. The number of nitrogens with one attached hydrogen (secondary N) is 1. The molecular weight excluding hydrogens is 567 g/mol. The van der Waals surface area contributed by atoms with E-state index < -0.39 is 18.3 Å². The minimum absolute atomic E-state index is 0.0398. The van der Waals surface area contributed by atoms with Crippen molar-refractivity contribution in [3.05, 3.63) is 91.7 Å². The molecule has 1 heterocycles. The summed E-state index contributed by atoms with van der Waals surface area (Å²) in [6.07, 6.45) is 1.94. The molecule has 0 spiro atoms. The number of amides is 1. The summed E-state index contributed by atoms with van der Waals surface area (Å²) in [5.74, 6) is -0.259. The molecular formula is C26H21BrClFN4O4. The number of fused-ring (bicyclic) bond motifs is 1. The van der Waals surface area contributed by atoms with Crippen molar-refractivity contribution in [2.24, 2.45) is 5.10 Å². The molecule has 0 radical (unpaired) electrons. The Labute approximate surface area is 224 Å². The number of halogens is 3. The minimum Gasteiger partial charge on any atom is -0.493 e. The van der Waals surface area contributed by atoms with Crippen LogP contribution in [0.1, 0.15) is 18.3 Å². The second-order valence-corrected chi connectivity index (χ2v) is 9.08. The third kappa shape index (κ3) is 5.98. The smallest absolute Gasteiger partial charge is 0.282 e. The Kier molecular flexibility index (Phi) is 8.20. The van der Waals surface area contributed by atoms with Crippen LogP contribution < -0.4 is 20.3 Å². The van der Waals surface area contributed by atoms with Gasteiger partial charge in [0.2, 0.25) is 0 Å². The first-order chi connectivity index (χ1) is 17.8. The number of hydrogen-bond donors (Lipinski definition) is 1. The fraction of sp³-hybridized carbons (Fsp3) is 0.154. The van der Waals surface area contributed by atoms with Crippen LogP contribution in [0.3, 0.4) is 0 Å². The van der Waals surface area contributed by atoms with Crippen molar-refractivity contribution < 1.29 is 18.7 Å². The molecule has 11 heteroatoms. The molecule has 0 fully saturated rings. The topological polar surface area (TPSA) is 94.8 Å². The summed E-state index contributed by atoms with van der Waals surface area (Å²) in [4.78, 5) is 29.9. The summed E-state index contributed by atoms with van der Waals surface area (Å²) < 4.78 is 26.7. The predicted molar refractivity (Wildman–Crippen MR) is 145 cm³/mol. The minimum atomic E-state index is -0.573. The van der Waals surface area contributed by atoms with E-state index in [0.717, 1.165) is 4.47 Å². The fourth-order valence-electron chi connectivity index (χ4n) is 3.51. The van der Waals surface area contributed by atoms with E-state index in [1.807, 2.05) is 13.0 Å². The molecule has 0 aliphatic heterocycles. The van der Waals surface area contributed by atoms with Gasteiger partial charge < -0.3 is 14.8 Å². The molecule has 190 valence electrons. The van der Waals surface area contributed by atoms with Crippen LogP contribution in [-0.4, -0.2) is 35.5 Å². The number of aromatic nitrogens is 2. The molecule has 0 saturated heterocycles. The van der Waals surface area contributed by atoms with Gasteiger partial charge in [0.25, 0.3) is 11.5 Å². The highest BCUT2D eigenvalue weighted by Gasteiger charge is 2.15. The number of carbonyl (C=O) groups is 1. The Morgan fingerprint density at radius 2 is 2.03 bits per heavy atom. The van der Waals surface area contributed by atoms with E-state index in [2.05, 4.69) is 31.3 Å². The number of carbonyl (C=O) groups excluding carboxylic acids is 1. The number of benzene rings is 3. The lowest BCUT2D eigenvalue weighted by Gasteiger charge is -2.13. The lowest BCUT2D eigenvalue weighted by atomic mass is 10.2. The summed E-state index contributed by atoms with van der Waals surface area (Å²) in [5.41, 5.74) is 0.839. The number of anilines is 1. The highest BCUT2D eigenvalue weighted by atomic mass is 79.9. The lowest BCUT2D eigenvalue weighted by Crippen LogP contribution is -2.22. The second kappa shape index (κ2) is 11.5. The van der Waals surface area contributed by atoms with Crippen molar-refractivity contribution in [2.75, 3.05) is 19.0 Å². The monoisotopic (exact) mass is 586 g/mol. The molecule has 8 nitrogen and oxygen atoms in total. The van der Waals surface area contributed by atoms with E-state index in [-0.39, 0.29) is 27.8 Å². The van der Waals surface area contributed by atoms with Gasteiger partial charge in [-0.25, -0.2) is 9.37 Å². The molecule has 37 heavy (non-hydrogen) atoms. The van der Waals surface area contributed by atoms with Crippen molar-refractivity contribution in [1.82, 2.24) is 9.66 Å². The van der Waals surface area contributed by atoms with Gasteiger partial charge in [-0.05, 0) is 48.0 Å². The van der Waals surface area contributed by atoms with Crippen LogP contribution >= 0.6 is 27.5 Å². The predicted octanol–water partition coefficient (Wildman–Crippen LogP) is 5.42. The number of methoxy groups -OCH3 is 1. The maximum Gasteiger partial charge on any atom is 0.282 e. The third-order valence-corrected chi connectivity index (χ3v) is 6.04. The van der Waals surface area contributed by atoms with Gasteiger partial charge in [-0.15, -0.1) is 0 Å². The fourth-order valence-corrected chi connectivity index (χ4v) is 4.14. The van der Waals surface area contributed by atoms with Crippen LogP contribution in [0.5, 0.6) is 11.5 Å². The van der Waals surface area contributed by atoms with Crippen LogP contribution in [0.25, 0.3) is 10.9 Å². The van der Waals surface area contributed by atoms with Gasteiger partial charge in [-0.1, -0.05) is 46.6 Å². The SMILES string of the molecule is CCc1nc2ccc(Br)cc2c(=O)n1N=Cc1cc(Cl)c(OCC(=O)Nc2ccccc2F)c(OC)c1. The van der Waals surface area contributed by atoms with Crippen LogP contribution in [0.4, 0.5) is 10.1 Å². The second-order valence-electron chi connectivity index (χ2n) is 7.76. The molecule has 1 amide bonds. The van der Waals surface area contributed by atoms with Crippen LogP contribution in [0.15, 0.2) is 69.0 Å². The zero-order valence-electron chi connectivity index (χ0n) is 19.8. The van der Waals surface area contributed by atoms with Crippen LogP contribution in [-0.2, 0) is 11.2 Å². The Balaban J connectivity index is 1.57. The Bertz CT molecular complexity index is 1570. The first-order valence-corrected chi connectivity index (χ1v) is 12.3. The average Bonchev–Trinajstić information content (AvgIpc) is 2.88.